The van der Waals surface area contributed by atoms with E-state index in [1.54, 1.807) is 0 Å². The monoisotopic (exact) mass is 416 g/mol. The molecule has 0 aromatic carbocycles. The molecule has 0 saturated carbocycles. The van der Waals surface area contributed by atoms with Crippen LogP contribution in [0.25, 0.3) is 0 Å². The van der Waals surface area contributed by atoms with Crippen molar-refractivity contribution >= 4 is 15.2 Å². The van der Waals surface area contributed by atoms with Crippen LogP contribution in [0.1, 0.15) is 96.8 Å². The summed E-state index contributed by atoms with van der Waals surface area (Å²) < 4.78 is 27.5. The molecule has 0 fully saturated rings. The van der Waals surface area contributed by atoms with E-state index >= 15 is 0 Å². The van der Waals surface area contributed by atoms with Gasteiger partial charge in [-0.1, -0.05) is 84.0 Å². The first kappa shape index (κ1) is 26.3. The molecule has 0 aliphatic rings. The van der Waals surface area contributed by atoms with Crippen molar-refractivity contribution in [3.8, 4) is 0 Å². The molecule has 0 amide bonds. The Balaban J connectivity index is 3.85. The molecular weight excluding hydrogens is 378 g/mol. The Hall–Kier alpha value is 0.260. The molecule has 0 heterocycles. The second kappa shape index (κ2) is 13.4. The lowest BCUT2D eigenvalue weighted by molar-refractivity contribution is 0.113. The Morgan fingerprint density at radius 1 is 0.731 bits per heavy atom. The summed E-state index contributed by atoms with van der Waals surface area (Å²) in [5, 5.41) is 7.03. The molecule has 0 radical (unpaired) electrons. The summed E-state index contributed by atoms with van der Waals surface area (Å²) in [6.45, 7) is 2.22. The molecule has 4 N–H and O–H groups in total. The van der Waals surface area contributed by atoms with Gasteiger partial charge in [0, 0.05) is 7.11 Å². The van der Waals surface area contributed by atoms with Crippen molar-refractivity contribution in [1.82, 2.24) is 0 Å². The first-order valence-electron chi connectivity index (χ1n) is 9.79. The van der Waals surface area contributed by atoms with Crippen molar-refractivity contribution in [1.29, 1.82) is 0 Å². The largest absolute Gasteiger partial charge is 0.371 e. The van der Waals surface area contributed by atoms with E-state index in [0.29, 0.717) is 6.42 Å². The molecule has 2 atom stereocenters. The molecule has 2 unspecified atom stereocenters. The van der Waals surface area contributed by atoms with Crippen molar-refractivity contribution in [2.75, 3.05) is 7.11 Å². The van der Waals surface area contributed by atoms with Crippen molar-refractivity contribution in [2.45, 2.75) is 102 Å². The van der Waals surface area contributed by atoms with Crippen LogP contribution in [0.3, 0.4) is 0 Å². The molecule has 0 saturated heterocycles. The SMILES string of the molecule is CCCCCCCCCCCCCCCC(O)(P(=O)(O)O)P(=O)(O)OC. The molecule has 7 nitrogen and oxygen atoms in total. The number of rotatable bonds is 17. The van der Waals surface area contributed by atoms with E-state index in [9.17, 15) is 28.9 Å². The highest BCUT2D eigenvalue weighted by Crippen LogP contribution is 2.71. The molecule has 0 aliphatic carbocycles. The van der Waals surface area contributed by atoms with E-state index in [4.69, 9.17) is 0 Å². The van der Waals surface area contributed by atoms with Gasteiger partial charge in [-0.25, -0.2) is 0 Å². The summed E-state index contributed by atoms with van der Waals surface area (Å²) in [4.78, 5) is 28.0. The second-order valence-corrected chi connectivity index (χ2v) is 11.3. The highest BCUT2D eigenvalue weighted by molar-refractivity contribution is 7.72. The number of hydrogen-bond donors (Lipinski definition) is 4. The molecule has 0 rings (SSSR count). The van der Waals surface area contributed by atoms with Gasteiger partial charge in [-0.15, -0.1) is 0 Å². The lowest BCUT2D eigenvalue weighted by atomic mass is 10.0. The van der Waals surface area contributed by atoms with E-state index in [0.717, 1.165) is 26.4 Å². The van der Waals surface area contributed by atoms with Crippen LogP contribution in [0.5, 0.6) is 0 Å². The summed E-state index contributed by atoms with van der Waals surface area (Å²) in [6.07, 6.45) is 13.7. The van der Waals surface area contributed by atoms with E-state index in [1.807, 2.05) is 0 Å². The maximum absolute atomic E-state index is 11.8. The topological polar surface area (TPSA) is 124 Å². The highest BCUT2D eigenvalue weighted by Gasteiger charge is 2.59. The predicted octanol–water partition coefficient (Wildman–Crippen LogP) is 5.12. The molecule has 0 aliphatic heterocycles. The maximum atomic E-state index is 11.8. The third-order valence-corrected chi connectivity index (χ3v) is 9.10. The van der Waals surface area contributed by atoms with Gasteiger partial charge in [-0.2, -0.15) is 0 Å². The first-order chi connectivity index (χ1) is 12.1. The van der Waals surface area contributed by atoms with Crippen LogP contribution in [-0.4, -0.2) is 32.0 Å². The Morgan fingerprint density at radius 2 is 1.08 bits per heavy atom. The van der Waals surface area contributed by atoms with Crippen molar-refractivity contribution in [3.63, 3.8) is 0 Å². The van der Waals surface area contributed by atoms with Crippen LogP contribution in [0, 0.1) is 0 Å². The fraction of sp³-hybridized carbons (Fsp3) is 1.00. The van der Waals surface area contributed by atoms with E-state index in [1.165, 1.54) is 51.4 Å². The maximum Gasteiger partial charge on any atom is 0.371 e. The summed E-state index contributed by atoms with van der Waals surface area (Å²) in [6, 6.07) is 0. The quantitative estimate of drug-likeness (QED) is 0.191. The van der Waals surface area contributed by atoms with Crippen LogP contribution < -0.4 is 0 Å². The van der Waals surface area contributed by atoms with Gasteiger partial charge in [0.1, 0.15) is 0 Å². The van der Waals surface area contributed by atoms with Crippen LogP contribution >= 0.6 is 15.2 Å². The van der Waals surface area contributed by atoms with E-state index in [-0.39, 0.29) is 6.42 Å². The third-order valence-electron chi connectivity index (χ3n) is 4.78. The first-order valence-corrected chi connectivity index (χ1v) is 13.0. The molecule has 0 spiro atoms. The fourth-order valence-electron chi connectivity index (χ4n) is 2.98. The highest BCUT2D eigenvalue weighted by atomic mass is 31.2. The van der Waals surface area contributed by atoms with Gasteiger partial charge in [0.2, 0.25) is 0 Å². The lowest BCUT2D eigenvalue weighted by Crippen LogP contribution is -2.29. The molecule has 0 aromatic heterocycles. The number of hydrogen-bond acceptors (Lipinski definition) is 4. The van der Waals surface area contributed by atoms with Gasteiger partial charge < -0.3 is 24.3 Å². The molecule has 0 bridgehead atoms. The Bertz CT molecular complexity index is 452. The predicted molar refractivity (Wildman–Crippen MR) is 104 cm³/mol. The molecule has 26 heavy (non-hydrogen) atoms. The van der Waals surface area contributed by atoms with Gasteiger partial charge >= 0.3 is 15.2 Å². The minimum Gasteiger partial charge on any atom is -0.368 e. The Labute approximate surface area is 158 Å². The van der Waals surface area contributed by atoms with E-state index < -0.39 is 26.7 Å². The van der Waals surface area contributed by atoms with Crippen molar-refractivity contribution < 1.29 is 33.4 Å². The minimum atomic E-state index is -5.19. The van der Waals surface area contributed by atoms with Crippen LogP contribution in [0.4, 0.5) is 0 Å². The molecule has 0 aromatic rings. The zero-order chi connectivity index (χ0) is 20.1. The summed E-state index contributed by atoms with van der Waals surface area (Å²) >= 11 is 0. The van der Waals surface area contributed by atoms with Gasteiger partial charge in [0.05, 0.1) is 0 Å². The standard InChI is InChI=1S/C17H38O7P2/c1-3-4-5-6-7-8-9-10-11-12-13-14-15-16-17(18,25(19,20)21)26(22,23)24-2/h18H,3-16H2,1-2H3,(H,22,23)(H2,19,20,21). The number of unbranched alkanes of at least 4 members (excludes halogenated alkanes) is 12. The normalized spacial score (nSPS) is 17.0. The van der Waals surface area contributed by atoms with Crippen molar-refractivity contribution in [2.24, 2.45) is 0 Å². The fourth-order valence-corrected chi connectivity index (χ4v) is 5.72. The zero-order valence-corrected chi connectivity index (χ0v) is 18.1. The van der Waals surface area contributed by atoms with Crippen LogP contribution in [0.2, 0.25) is 0 Å². The van der Waals surface area contributed by atoms with Crippen molar-refractivity contribution in [3.05, 3.63) is 0 Å². The van der Waals surface area contributed by atoms with Gasteiger partial charge in [-0.05, 0) is 12.8 Å². The molecule has 9 heteroatoms. The van der Waals surface area contributed by atoms with Crippen LogP contribution in [-0.2, 0) is 13.7 Å². The summed E-state index contributed by atoms with van der Waals surface area (Å²) in [5.74, 6) is 0. The Kier molecular flexibility index (Phi) is 13.6. The van der Waals surface area contributed by atoms with Crippen LogP contribution in [0.15, 0.2) is 0 Å². The smallest absolute Gasteiger partial charge is 0.368 e. The average Bonchev–Trinajstić information content (AvgIpc) is 2.57. The van der Waals surface area contributed by atoms with Gasteiger partial charge in [0.25, 0.3) is 5.08 Å². The summed E-state index contributed by atoms with van der Waals surface area (Å²) in [7, 11) is -9.15. The Morgan fingerprint density at radius 3 is 1.38 bits per heavy atom. The zero-order valence-electron chi connectivity index (χ0n) is 16.3. The van der Waals surface area contributed by atoms with E-state index in [2.05, 4.69) is 11.4 Å². The lowest BCUT2D eigenvalue weighted by Gasteiger charge is -2.31. The summed E-state index contributed by atoms with van der Waals surface area (Å²) in [5.41, 5.74) is 0. The molecule has 158 valence electrons. The minimum absolute atomic E-state index is 0.257. The third kappa shape index (κ3) is 9.45. The number of aliphatic hydroxyl groups is 1. The van der Waals surface area contributed by atoms with Gasteiger partial charge in [-0.3, -0.25) is 9.13 Å². The van der Waals surface area contributed by atoms with Gasteiger partial charge in [0.15, 0.2) is 0 Å². The second-order valence-electron chi connectivity index (χ2n) is 7.01. The average molecular weight is 416 g/mol. The molecular formula is C17H38O7P2.